The van der Waals surface area contributed by atoms with Gasteiger partial charge in [0.25, 0.3) is 0 Å². The molecule has 0 unspecified atom stereocenters. The van der Waals surface area contributed by atoms with E-state index in [2.05, 4.69) is 4.89 Å². The standard InChI is InChI=1S/C13H12O5S/c1-17-18-11-4-8-13(9-5-11)19(15,16)12-6-2-10(14)3-7-12/h2-9,14H,1H3. The van der Waals surface area contributed by atoms with E-state index in [0.29, 0.717) is 5.75 Å². The lowest BCUT2D eigenvalue weighted by Crippen LogP contribution is -2.01. The summed E-state index contributed by atoms with van der Waals surface area (Å²) in [6.07, 6.45) is 0. The van der Waals surface area contributed by atoms with Gasteiger partial charge in [-0.15, -0.1) is 0 Å². The molecule has 0 aromatic heterocycles. The SMILES string of the molecule is COOc1ccc(S(=O)(=O)c2ccc(O)cc2)cc1. The molecule has 0 spiro atoms. The van der Waals surface area contributed by atoms with Crippen LogP contribution in [0, 0.1) is 0 Å². The van der Waals surface area contributed by atoms with Crippen molar-refractivity contribution in [1.29, 1.82) is 0 Å². The lowest BCUT2D eigenvalue weighted by Gasteiger charge is -2.06. The molecule has 2 aromatic rings. The molecule has 0 amide bonds. The first-order valence-corrected chi connectivity index (χ1v) is 6.87. The molecule has 2 rings (SSSR count). The van der Waals surface area contributed by atoms with E-state index < -0.39 is 9.84 Å². The third-order valence-electron chi connectivity index (χ3n) is 2.46. The van der Waals surface area contributed by atoms with Gasteiger partial charge in [-0.25, -0.2) is 8.42 Å². The molecule has 19 heavy (non-hydrogen) atoms. The lowest BCUT2D eigenvalue weighted by molar-refractivity contribution is -0.178. The molecule has 0 aliphatic carbocycles. The van der Waals surface area contributed by atoms with Crippen molar-refractivity contribution >= 4 is 9.84 Å². The minimum absolute atomic E-state index is 0.0165. The van der Waals surface area contributed by atoms with Gasteiger partial charge in [-0.3, -0.25) is 0 Å². The van der Waals surface area contributed by atoms with Gasteiger partial charge in [-0.2, -0.15) is 4.89 Å². The molecule has 6 heteroatoms. The second-order valence-electron chi connectivity index (χ2n) is 3.72. The molecule has 0 bridgehead atoms. The highest BCUT2D eigenvalue weighted by molar-refractivity contribution is 7.91. The predicted molar refractivity (Wildman–Crippen MR) is 67.6 cm³/mol. The largest absolute Gasteiger partial charge is 0.508 e. The van der Waals surface area contributed by atoms with Crippen LogP contribution in [0.5, 0.6) is 11.5 Å². The van der Waals surface area contributed by atoms with E-state index in [1.54, 1.807) is 0 Å². The Bertz CT molecular complexity index is 644. The smallest absolute Gasteiger partial charge is 0.206 e. The summed E-state index contributed by atoms with van der Waals surface area (Å²) >= 11 is 0. The first kappa shape index (κ1) is 13.4. The maximum atomic E-state index is 12.3. The highest BCUT2D eigenvalue weighted by Gasteiger charge is 2.17. The van der Waals surface area contributed by atoms with Crippen LogP contribution in [-0.2, 0) is 14.7 Å². The summed E-state index contributed by atoms with van der Waals surface area (Å²) in [7, 11) is -2.23. The zero-order valence-corrected chi connectivity index (χ0v) is 10.9. The van der Waals surface area contributed by atoms with E-state index in [-0.39, 0.29) is 15.5 Å². The number of phenols is 1. The van der Waals surface area contributed by atoms with E-state index in [0.717, 1.165) is 0 Å². The van der Waals surface area contributed by atoms with Crippen molar-refractivity contribution in [2.24, 2.45) is 0 Å². The van der Waals surface area contributed by atoms with Crippen molar-refractivity contribution in [3.63, 3.8) is 0 Å². The third kappa shape index (κ3) is 2.86. The summed E-state index contributed by atoms with van der Waals surface area (Å²) < 4.78 is 24.5. The molecule has 2 aromatic carbocycles. The van der Waals surface area contributed by atoms with Crippen LogP contribution in [0.15, 0.2) is 58.3 Å². The van der Waals surface area contributed by atoms with Crippen molar-refractivity contribution < 1.29 is 23.3 Å². The topological polar surface area (TPSA) is 72.8 Å². The third-order valence-corrected chi connectivity index (χ3v) is 4.25. The second-order valence-corrected chi connectivity index (χ2v) is 5.67. The Morgan fingerprint density at radius 2 is 1.37 bits per heavy atom. The molecule has 0 atom stereocenters. The van der Waals surface area contributed by atoms with Crippen LogP contribution in [0.2, 0.25) is 0 Å². The summed E-state index contributed by atoms with van der Waals surface area (Å²) in [5, 5.41) is 9.16. The molecular weight excluding hydrogens is 268 g/mol. The number of benzene rings is 2. The first-order chi connectivity index (χ1) is 9.04. The van der Waals surface area contributed by atoms with Crippen molar-refractivity contribution in [2.75, 3.05) is 7.11 Å². The molecule has 0 heterocycles. The fourth-order valence-corrected chi connectivity index (χ4v) is 2.79. The summed E-state index contributed by atoms with van der Waals surface area (Å²) in [6, 6.07) is 11.2. The summed E-state index contributed by atoms with van der Waals surface area (Å²) in [5.74, 6) is 0.426. The van der Waals surface area contributed by atoms with Gasteiger partial charge in [0.15, 0.2) is 5.75 Å². The van der Waals surface area contributed by atoms with E-state index in [9.17, 15) is 8.42 Å². The molecule has 0 radical (unpaired) electrons. The van der Waals surface area contributed by atoms with Crippen LogP contribution in [0.25, 0.3) is 0 Å². The zero-order chi connectivity index (χ0) is 13.9. The zero-order valence-electron chi connectivity index (χ0n) is 10.1. The Labute approximate surface area is 110 Å². The minimum Gasteiger partial charge on any atom is -0.508 e. The molecule has 5 nitrogen and oxygen atoms in total. The van der Waals surface area contributed by atoms with Crippen molar-refractivity contribution in [2.45, 2.75) is 9.79 Å². The average Bonchev–Trinajstić information content (AvgIpc) is 2.40. The van der Waals surface area contributed by atoms with Gasteiger partial charge in [0, 0.05) is 0 Å². The summed E-state index contributed by atoms with van der Waals surface area (Å²) in [6.45, 7) is 0. The average molecular weight is 280 g/mol. The van der Waals surface area contributed by atoms with Crippen LogP contribution < -0.4 is 4.89 Å². The van der Waals surface area contributed by atoms with E-state index >= 15 is 0 Å². The molecule has 0 saturated carbocycles. The first-order valence-electron chi connectivity index (χ1n) is 5.39. The van der Waals surface area contributed by atoms with Gasteiger partial charge in [0.2, 0.25) is 9.84 Å². The maximum Gasteiger partial charge on any atom is 0.206 e. The van der Waals surface area contributed by atoms with Crippen molar-refractivity contribution in [3.8, 4) is 11.5 Å². The molecule has 0 saturated heterocycles. The molecular formula is C13H12O5S. The van der Waals surface area contributed by atoms with Gasteiger partial charge < -0.3 is 9.99 Å². The molecule has 0 fully saturated rings. The molecule has 100 valence electrons. The Morgan fingerprint density at radius 3 is 1.84 bits per heavy atom. The molecule has 0 aliphatic rings. The fraction of sp³-hybridized carbons (Fsp3) is 0.0769. The van der Waals surface area contributed by atoms with Crippen molar-refractivity contribution in [3.05, 3.63) is 48.5 Å². The number of sulfone groups is 1. The van der Waals surface area contributed by atoms with Crippen LogP contribution in [0.3, 0.4) is 0 Å². The van der Waals surface area contributed by atoms with Gasteiger partial charge in [-0.05, 0) is 48.5 Å². The van der Waals surface area contributed by atoms with E-state index in [4.69, 9.17) is 9.99 Å². The number of hydrogen-bond acceptors (Lipinski definition) is 5. The Hall–Kier alpha value is -2.05. The Morgan fingerprint density at radius 1 is 0.895 bits per heavy atom. The maximum absolute atomic E-state index is 12.3. The summed E-state index contributed by atoms with van der Waals surface area (Å²) in [5.41, 5.74) is 0. The van der Waals surface area contributed by atoms with Crippen molar-refractivity contribution in [1.82, 2.24) is 0 Å². The van der Waals surface area contributed by atoms with E-state index in [1.165, 1.54) is 55.6 Å². The van der Waals surface area contributed by atoms with Crippen LogP contribution >= 0.6 is 0 Å². The van der Waals surface area contributed by atoms with Crippen LogP contribution in [0.1, 0.15) is 0 Å². The Balaban J connectivity index is 2.36. The van der Waals surface area contributed by atoms with Gasteiger partial charge >= 0.3 is 0 Å². The monoisotopic (exact) mass is 280 g/mol. The second kappa shape index (κ2) is 5.29. The van der Waals surface area contributed by atoms with Crippen LogP contribution in [0.4, 0.5) is 0 Å². The summed E-state index contributed by atoms with van der Waals surface area (Å²) in [4.78, 5) is 9.50. The minimum atomic E-state index is -3.59. The number of hydrogen-bond donors (Lipinski definition) is 1. The van der Waals surface area contributed by atoms with E-state index in [1.807, 2.05) is 0 Å². The molecule has 1 N–H and O–H groups in total. The van der Waals surface area contributed by atoms with Gasteiger partial charge in [0.05, 0.1) is 16.9 Å². The predicted octanol–water partition coefficient (Wildman–Crippen LogP) is 2.17. The number of rotatable bonds is 4. The molecule has 0 aliphatic heterocycles. The lowest BCUT2D eigenvalue weighted by atomic mass is 10.3. The van der Waals surface area contributed by atoms with Gasteiger partial charge in [-0.1, -0.05) is 0 Å². The van der Waals surface area contributed by atoms with Crippen LogP contribution in [-0.4, -0.2) is 20.6 Å². The normalized spacial score (nSPS) is 11.2. The number of aromatic hydroxyl groups is 1. The Kier molecular flexibility index (Phi) is 3.73. The number of phenolic OH excluding ortho intramolecular Hbond substituents is 1. The van der Waals surface area contributed by atoms with Gasteiger partial charge in [0.1, 0.15) is 5.75 Å². The quantitative estimate of drug-likeness (QED) is 0.686. The highest BCUT2D eigenvalue weighted by Crippen LogP contribution is 2.24. The highest BCUT2D eigenvalue weighted by atomic mass is 32.2. The fourth-order valence-electron chi connectivity index (χ4n) is 1.53.